The normalized spacial score (nSPS) is 23.8. The summed E-state index contributed by atoms with van der Waals surface area (Å²) in [6.07, 6.45) is 7.35. The van der Waals surface area contributed by atoms with Crippen LogP contribution in [0.4, 0.5) is 5.82 Å². The Balaban J connectivity index is 1.53. The van der Waals surface area contributed by atoms with E-state index in [1.54, 1.807) is 0 Å². The van der Waals surface area contributed by atoms with Gasteiger partial charge in [0.1, 0.15) is 5.82 Å². The van der Waals surface area contributed by atoms with Crippen LogP contribution in [0.3, 0.4) is 0 Å². The largest absolute Gasteiger partial charge is 0.382 e. The maximum absolute atomic E-state index is 5.64. The molecule has 1 saturated heterocycles. The molecule has 1 aromatic heterocycles. The Kier molecular flexibility index (Phi) is 2.59. The summed E-state index contributed by atoms with van der Waals surface area (Å²) in [5, 5.41) is 4.31. The first kappa shape index (κ1) is 10.1. The van der Waals surface area contributed by atoms with Gasteiger partial charge in [-0.05, 0) is 37.7 Å². The predicted octanol–water partition coefficient (Wildman–Crippen LogP) is 1.51. The number of rotatable bonds is 3. The number of aromatic nitrogens is 2. The van der Waals surface area contributed by atoms with E-state index in [9.17, 15) is 0 Å². The Morgan fingerprint density at radius 3 is 2.56 bits per heavy atom. The van der Waals surface area contributed by atoms with Gasteiger partial charge in [0.2, 0.25) is 0 Å². The van der Waals surface area contributed by atoms with Crippen molar-refractivity contribution in [2.24, 2.45) is 5.92 Å². The summed E-state index contributed by atoms with van der Waals surface area (Å²) in [4.78, 5) is 2.61. The Bertz CT molecular complexity index is 348. The minimum absolute atomic E-state index is 0.563. The van der Waals surface area contributed by atoms with E-state index in [2.05, 4.69) is 10.00 Å². The number of nitrogen functional groups attached to an aromatic ring is 1. The monoisotopic (exact) mass is 220 g/mol. The van der Waals surface area contributed by atoms with Crippen LogP contribution in [0.2, 0.25) is 0 Å². The molecule has 4 nitrogen and oxygen atoms in total. The van der Waals surface area contributed by atoms with E-state index < -0.39 is 0 Å². The van der Waals surface area contributed by atoms with Crippen LogP contribution in [-0.4, -0.2) is 34.3 Å². The van der Waals surface area contributed by atoms with Crippen molar-refractivity contribution in [1.29, 1.82) is 0 Å². The lowest BCUT2D eigenvalue weighted by atomic mass is 10.1. The summed E-state index contributed by atoms with van der Waals surface area (Å²) >= 11 is 0. The van der Waals surface area contributed by atoms with Gasteiger partial charge in [0, 0.05) is 25.8 Å². The van der Waals surface area contributed by atoms with Crippen LogP contribution in [0.1, 0.15) is 31.7 Å². The van der Waals surface area contributed by atoms with Crippen molar-refractivity contribution >= 4 is 5.82 Å². The summed E-state index contributed by atoms with van der Waals surface area (Å²) in [7, 11) is 0. The Morgan fingerprint density at radius 2 is 2.00 bits per heavy atom. The van der Waals surface area contributed by atoms with Crippen LogP contribution in [0, 0.1) is 5.92 Å². The predicted molar refractivity (Wildman–Crippen MR) is 64.1 cm³/mol. The lowest BCUT2D eigenvalue weighted by Crippen LogP contribution is -2.36. The van der Waals surface area contributed by atoms with Gasteiger partial charge >= 0.3 is 0 Å². The van der Waals surface area contributed by atoms with Crippen molar-refractivity contribution in [3.8, 4) is 0 Å². The maximum Gasteiger partial charge on any atom is 0.145 e. The molecule has 4 heteroatoms. The first-order valence-corrected chi connectivity index (χ1v) is 6.34. The van der Waals surface area contributed by atoms with Crippen molar-refractivity contribution in [2.45, 2.75) is 31.7 Å². The highest BCUT2D eigenvalue weighted by atomic mass is 15.3. The van der Waals surface area contributed by atoms with Crippen LogP contribution in [0.25, 0.3) is 0 Å². The van der Waals surface area contributed by atoms with E-state index in [0.29, 0.717) is 11.9 Å². The lowest BCUT2D eigenvalue weighted by Gasteiger charge is -2.32. The first-order valence-electron chi connectivity index (χ1n) is 6.34. The van der Waals surface area contributed by atoms with Gasteiger partial charge in [-0.15, -0.1) is 0 Å². The molecule has 16 heavy (non-hydrogen) atoms. The summed E-state index contributed by atoms with van der Waals surface area (Å²) < 4.78 is 2.05. The summed E-state index contributed by atoms with van der Waals surface area (Å²) in [6, 6.07) is 2.45. The topological polar surface area (TPSA) is 47.1 Å². The number of nitrogens with two attached hydrogens (primary N) is 1. The lowest BCUT2D eigenvalue weighted by molar-refractivity contribution is 0.174. The van der Waals surface area contributed by atoms with E-state index in [0.717, 1.165) is 5.92 Å². The van der Waals surface area contributed by atoms with Gasteiger partial charge in [-0.2, -0.15) is 5.10 Å². The van der Waals surface area contributed by atoms with E-state index in [1.165, 1.54) is 45.3 Å². The first-order chi connectivity index (χ1) is 7.81. The highest BCUT2D eigenvalue weighted by molar-refractivity contribution is 5.24. The second kappa shape index (κ2) is 4.09. The molecule has 2 N–H and O–H groups in total. The average Bonchev–Trinajstić information content (AvgIpc) is 3.00. The van der Waals surface area contributed by atoms with Crippen LogP contribution >= 0.6 is 0 Å². The zero-order valence-electron chi connectivity index (χ0n) is 9.68. The smallest absolute Gasteiger partial charge is 0.145 e. The average molecular weight is 220 g/mol. The van der Waals surface area contributed by atoms with Gasteiger partial charge in [-0.1, -0.05) is 0 Å². The maximum atomic E-state index is 5.64. The Labute approximate surface area is 96.4 Å². The zero-order valence-corrected chi connectivity index (χ0v) is 9.68. The molecule has 2 fully saturated rings. The number of hydrogen-bond donors (Lipinski definition) is 1. The van der Waals surface area contributed by atoms with E-state index in [-0.39, 0.29) is 0 Å². The van der Waals surface area contributed by atoms with Gasteiger partial charge in [-0.3, -0.25) is 4.68 Å². The van der Waals surface area contributed by atoms with Gasteiger partial charge < -0.3 is 10.6 Å². The minimum atomic E-state index is 0.563. The van der Waals surface area contributed by atoms with Crippen molar-refractivity contribution in [1.82, 2.24) is 14.7 Å². The zero-order chi connectivity index (χ0) is 11.0. The van der Waals surface area contributed by atoms with Crippen molar-refractivity contribution in [2.75, 3.05) is 25.4 Å². The highest BCUT2D eigenvalue weighted by Crippen LogP contribution is 2.31. The third kappa shape index (κ3) is 2.21. The Morgan fingerprint density at radius 1 is 1.25 bits per heavy atom. The molecule has 1 aliphatic carbocycles. The quantitative estimate of drug-likeness (QED) is 0.840. The number of piperidine rings is 1. The molecule has 3 rings (SSSR count). The highest BCUT2D eigenvalue weighted by Gasteiger charge is 2.27. The molecule has 0 radical (unpaired) electrons. The SMILES string of the molecule is Nc1ccn(C2CCN(CC3CC3)CC2)n1. The van der Waals surface area contributed by atoms with Crippen molar-refractivity contribution in [3.05, 3.63) is 12.3 Å². The van der Waals surface area contributed by atoms with Crippen molar-refractivity contribution < 1.29 is 0 Å². The fourth-order valence-electron chi connectivity index (χ4n) is 2.59. The second-order valence-electron chi connectivity index (χ2n) is 5.20. The van der Waals surface area contributed by atoms with Crippen LogP contribution in [0.15, 0.2) is 12.3 Å². The molecule has 0 bridgehead atoms. The molecule has 0 spiro atoms. The number of likely N-dealkylation sites (tertiary alicyclic amines) is 1. The standard InChI is InChI=1S/C12H20N4/c13-12-5-8-16(14-12)11-3-6-15(7-4-11)9-10-1-2-10/h5,8,10-11H,1-4,6-7,9H2,(H2,13,14). The van der Waals surface area contributed by atoms with E-state index in [4.69, 9.17) is 5.73 Å². The third-order valence-electron chi connectivity index (χ3n) is 3.77. The second-order valence-corrected chi connectivity index (χ2v) is 5.20. The molecule has 88 valence electrons. The molecule has 1 aliphatic heterocycles. The summed E-state index contributed by atoms with van der Waals surface area (Å²) in [5.74, 6) is 1.65. The van der Waals surface area contributed by atoms with Gasteiger partial charge in [0.15, 0.2) is 0 Å². The third-order valence-corrected chi connectivity index (χ3v) is 3.77. The molecular weight excluding hydrogens is 200 g/mol. The fourth-order valence-corrected chi connectivity index (χ4v) is 2.59. The van der Waals surface area contributed by atoms with E-state index in [1.807, 2.05) is 16.9 Å². The molecular formula is C12H20N4. The molecule has 2 heterocycles. The number of nitrogens with zero attached hydrogens (tertiary/aromatic N) is 3. The fraction of sp³-hybridized carbons (Fsp3) is 0.750. The molecule has 1 saturated carbocycles. The molecule has 0 amide bonds. The summed E-state index contributed by atoms with van der Waals surface area (Å²) in [6.45, 7) is 3.77. The van der Waals surface area contributed by atoms with Crippen LogP contribution in [-0.2, 0) is 0 Å². The number of hydrogen-bond acceptors (Lipinski definition) is 3. The minimum Gasteiger partial charge on any atom is -0.382 e. The molecule has 1 aromatic rings. The van der Waals surface area contributed by atoms with E-state index >= 15 is 0 Å². The van der Waals surface area contributed by atoms with Crippen LogP contribution in [0.5, 0.6) is 0 Å². The molecule has 0 atom stereocenters. The Hall–Kier alpha value is -1.03. The van der Waals surface area contributed by atoms with Crippen LogP contribution < -0.4 is 5.73 Å². The molecule has 0 aromatic carbocycles. The van der Waals surface area contributed by atoms with Gasteiger partial charge in [-0.25, -0.2) is 0 Å². The summed E-state index contributed by atoms with van der Waals surface area (Å²) in [5.41, 5.74) is 5.64. The molecule has 2 aliphatic rings. The van der Waals surface area contributed by atoms with Gasteiger partial charge in [0.25, 0.3) is 0 Å². The molecule has 0 unspecified atom stereocenters. The van der Waals surface area contributed by atoms with Gasteiger partial charge in [0.05, 0.1) is 6.04 Å². The van der Waals surface area contributed by atoms with Crippen molar-refractivity contribution in [3.63, 3.8) is 0 Å². The number of anilines is 1.